The van der Waals surface area contributed by atoms with Crippen molar-refractivity contribution in [3.05, 3.63) is 0 Å². The van der Waals surface area contributed by atoms with Crippen LogP contribution in [0.3, 0.4) is 0 Å². The lowest BCUT2D eigenvalue weighted by Crippen LogP contribution is -2.45. The first-order chi connectivity index (χ1) is 11.8. The lowest BCUT2D eigenvalue weighted by molar-refractivity contribution is -0.152. The largest absolute Gasteiger partial charge is 0.455 e. The number of hydrogen-bond donors (Lipinski definition) is 2. The molecule has 0 aromatic carbocycles. The highest BCUT2D eigenvalue weighted by Gasteiger charge is 2.42. The lowest BCUT2D eigenvalue weighted by atomic mass is 9.77. The van der Waals surface area contributed by atoms with Crippen LogP contribution in [-0.2, 0) is 23.9 Å². The Bertz CT molecular complexity index is 550. The molecular weight excluding hydrogens is 326 g/mol. The molecule has 2 aliphatic rings. The standard InChI is InChI=1S/C17H27N3O5/c1-10-5-4-6-14(11(10)2)20-8-13(7-16(20)23)17(24)25-9-15(22)19-18-12(3)21/h10-11,13-14H,4-9H2,1-3H3,(H,18,21)(H,19,22)/t10-,11+,13+,14-/m0/s1. The second-order valence-corrected chi connectivity index (χ2v) is 7.12. The van der Waals surface area contributed by atoms with Gasteiger partial charge in [-0.2, -0.15) is 0 Å². The van der Waals surface area contributed by atoms with E-state index >= 15 is 0 Å². The molecule has 140 valence electrons. The molecule has 0 spiro atoms. The molecule has 1 saturated heterocycles. The molecule has 8 nitrogen and oxygen atoms in total. The van der Waals surface area contributed by atoms with E-state index in [1.807, 2.05) is 4.90 Å². The Morgan fingerprint density at radius 2 is 1.92 bits per heavy atom. The third-order valence-electron chi connectivity index (χ3n) is 5.28. The summed E-state index contributed by atoms with van der Waals surface area (Å²) >= 11 is 0. The summed E-state index contributed by atoms with van der Waals surface area (Å²) in [7, 11) is 0. The van der Waals surface area contributed by atoms with Crippen molar-refractivity contribution in [3.8, 4) is 0 Å². The van der Waals surface area contributed by atoms with E-state index in [1.54, 1.807) is 0 Å². The van der Waals surface area contributed by atoms with Crippen LogP contribution in [0, 0.1) is 17.8 Å². The topological polar surface area (TPSA) is 105 Å². The van der Waals surface area contributed by atoms with Crippen LogP contribution in [-0.4, -0.2) is 47.8 Å². The zero-order chi connectivity index (χ0) is 18.6. The summed E-state index contributed by atoms with van der Waals surface area (Å²) in [5, 5.41) is 0. The van der Waals surface area contributed by atoms with Gasteiger partial charge in [-0.1, -0.05) is 26.7 Å². The molecule has 2 rings (SSSR count). The number of esters is 1. The molecule has 0 bridgehead atoms. The summed E-state index contributed by atoms with van der Waals surface area (Å²) in [4.78, 5) is 48.4. The van der Waals surface area contributed by atoms with Crippen LogP contribution in [0.25, 0.3) is 0 Å². The summed E-state index contributed by atoms with van der Waals surface area (Å²) in [6, 6.07) is 0.178. The highest BCUT2D eigenvalue weighted by atomic mass is 16.5. The monoisotopic (exact) mass is 353 g/mol. The van der Waals surface area contributed by atoms with Gasteiger partial charge in [0.15, 0.2) is 6.61 Å². The number of hydrogen-bond acceptors (Lipinski definition) is 5. The fourth-order valence-electron chi connectivity index (χ4n) is 3.65. The summed E-state index contributed by atoms with van der Waals surface area (Å²) in [5.41, 5.74) is 4.23. The molecule has 1 aliphatic carbocycles. The van der Waals surface area contributed by atoms with Crippen LogP contribution >= 0.6 is 0 Å². The van der Waals surface area contributed by atoms with Gasteiger partial charge in [-0.3, -0.25) is 30.0 Å². The molecule has 8 heteroatoms. The molecule has 1 aliphatic heterocycles. The summed E-state index contributed by atoms with van der Waals surface area (Å²) in [6.07, 6.45) is 3.37. The number of hydrazine groups is 1. The highest BCUT2D eigenvalue weighted by Crippen LogP contribution is 2.35. The van der Waals surface area contributed by atoms with Crippen LogP contribution in [0.2, 0.25) is 0 Å². The van der Waals surface area contributed by atoms with Crippen molar-refractivity contribution in [2.24, 2.45) is 17.8 Å². The van der Waals surface area contributed by atoms with Gasteiger partial charge in [0.1, 0.15) is 0 Å². The van der Waals surface area contributed by atoms with E-state index in [4.69, 9.17) is 4.74 Å². The van der Waals surface area contributed by atoms with Crippen molar-refractivity contribution in [1.29, 1.82) is 0 Å². The van der Waals surface area contributed by atoms with Crippen molar-refractivity contribution >= 4 is 23.7 Å². The maximum Gasteiger partial charge on any atom is 0.311 e. The number of carbonyl (C=O) groups is 4. The Kier molecular flexibility index (Phi) is 6.39. The van der Waals surface area contributed by atoms with Gasteiger partial charge in [0, 0.05) is 25.9 Å². The molecule has 25 heavy (non-hydrogen) atoms. The zero-order valence-electron chi connectivity index (χ0n) is 15.0. The normalized spacial score (nSPS) is 29.2. The smallest absolute Gasteiger partial charge is 0.311 e. The van der Waals surface area contributed by atoms with Gasteiger partial charge in [0.25, 0.3) is 5.91 Å². The third-order valence-corrected chi connectivity index (χ3v) is 5.28. The summed E-state index contributed by atoms with van der Waals surface area (Å²) in [5.74, 6) is -1.18. The molecule has 2 fully saturated rings. The van der Waals surface area contributed by atoms with Gasteiger partial charge in [0.2, 0.25) is 11.8 Å². The molecule has 3 amide bonds. The molecule has 1 saturated carbocycles. The van der Waals surface area contributed by atoms with Crippen LogP contribution in [0.15, 0.2) is 0 Å². The van der Waals surface area contributed by atoms with Gasteiger partial charge in [-0.05, 0) is 18.3 Å². The van der Waals surface area contributed by atoms with E-state index in [1.165, 1.54) is 13.3 Å². The van der Waals surface area contributed by atoms with E-state index < -0.39 is 30.3 Å². The third kappa shape index (κ3) is 4.93. The first kappa shape index (κ1) is 19.2. The highest BCUT2D eigenvalue weighted by molar-refractivity contribution is 5.88. The lowest BCUT2D eigenvalue weighted by Gasteiger charge is -2.39. The molecule has 0 unspecified atom stereocenters. The summed E-state index contributed by atoms with van der Waals surface area (Å²) < 4.78 is 4.97. The molecular formula is C17H27N3O5. The maximum absolute atomic E-state index is 12.3. The van der Waals surface area contributed by atoms with Gasteiger partial charge >= 0.3 is 5.97 Å². The second-order valence-electron chi connectivity index (χ2n) is 7.12. The van der Waals surface area contributed by atoms with Crippen LogP contribution < -0.4 is 10.9 Å². The Morgan fingerprint density at radius 3 is 2.60 bits per heavy atom. The minimum atomic E-state index is -0.626. The minimum absolute atomic E-state index is 0.0180. The average molecular weight is 353 g/mol. The Hall–Kier alpha value is -2.12. The quantitative estimate of drug-likeness (QED) is 0.561. The molecule has 0 aromatic heterocycles. The first-order valence-corrected chi connectivity index (χ1v) is 8.81. The number of nitrogens with zero attached hydrogens (tertiary/aromatic N) is 1. The number of ether oxygens (including phenoxy) is 1. The molecule has 0 radical (unpaired) electrons. The number of amides is 3. The number of likely N-dealkylation sites (tertiary alicyclic amines) is 1. The molecule has 4 atom stereocenters. The SMILES string of the molecule is CC(=O)NNC(=O)COC(=O)[C@@H]1CC(=O)N([C@H]2CCC[C@H](C)[C@H]2C)C1. The predicted octanol–water partition coefficient (Wildman–Crippen LogP) is 0.370. The average Bonchev–Trinajstić information content (AvgIpc) is 2.95. The Morgan fingerprint density at radius 1 is 1.20 bits per heavy atom. The number of rotatable bonds is 4. The Balaban J connectivity index is 1.83. The van der Waals surface area contributed by atoms with Crippen molar-refractivity contribution in [2.45, 2.75) is 52.5 Å². The number of nitrogens with one attached hydrogen (secondary N) is 2. The molecule has 2 N–H and O–H groups in total. The maximum atomic E-state index is 12.3. The van der Waals surface area contributed by atoms with Gasteiger partial charge in [-0.25, -0.2) is 0 Å². The fraction of sp³-hybridized carbons (Fsp3) is 0.765. The van der Waals surface area contributed by atoms with Gasteiger partial charge < -0.3 is 9.64 Å². The zero-order valence-corrected chi connectivity index (χ0v) is 15.0. The minimum Gasteiger partial charge on any atom is -0.455 e. The van der Waals surface area contributed by atoms with Crippen molar-refractivity contribution in [2.75, 3.05) is 13.2 Å². The van der Waals surface area contributed by atoms with E-state index in [0.29, 0.717) is 18.4 Å². The van der Waals surface area contributed by atoms with Crippen LogP contribution in [0.1, 0.15) is 46.5 Å². The van der Waals surface area contributed by atoms with Gasteiger partial charge in [0.05, 0.1) is 5.92 Å². The predicted molar refractivity (Wildman–Crippen MR) is 88.7 cm³/mol. The van der Waals surface area contributed by atoms with E-state index in [9.17, 15) is 19.2 Å². The first-order valence-electron chi connectivity index (χ1n) is 8.81. The van der Waals surface area contributed by atoms with Gasteiger partial charge in [-0.15, -0.1) is 0 Å². The number of carbonyl (C=O) groups excluding carboxylic acids is 4. The fourth-order valence-corrected chi connectivity index (χ4v) is 3.65. The van der Waals surface area contributed by atoms with Crippen molar-refractivity contribution in [3.63, 3.8) is 0 Å². The van der Waals surface area contributed by atoms with Crippen LogP contribution in [0.4, 0.5) is 0 Å². The van der Waals surface area contributed by atoms with Crippen LogP contribution in [0.5, 0.6) is 0 Å². The van der Waals surface area contributed by atoms with Crippen molar-refractivity contribution in [1.82, 2.24) is 15.8 Å². The second kappa shape index (κ2) is 8.31. The Labute approximate surface area is 147 Å². The van der Waals surface area contributed by atoms with E-state index in [0.717, 1.165) is 12.8 Å². The summed E-state index contributed by atoms with van der Waals surface area (Å²) in [6.45, 7) is 5.49. The van der Waals surface area contributed by atoms with Crippen molar-refractivity contribution < 1.29 is 23.9 Å². The molecule has 0 aromatic rings. The van der Waals surface area contributed by atoms with E-state index in [-0.39, 0.29) is 18.4 Å². The molecule has 1 heterocycles. The van der Waals surface area contributed by atoms with E-state index in [2.05, 4.69) is 24.7 Å².